The molecule has 6 heteroatoms. The van der Waals surface area contributed by atoms with Crippen molar-refractivity contribution in [3.8, 4) is 16.9 Å². The van der Waals surface area contributed by atoms with E-state index in [2.05, 4.69) is 5.32 Å². The average Bonchev–Trinajstić information content (AvgIpc) is 3.00. The maximum atomic E-state index is 13.3. The van der Waals surface area contributed by atoms with Crippen molar-refractivity contribution in [3.63, 3.8) is 0 Å². The van der Waals surface area contributed by atoms with E-state index in [1.54, 1.807) is 12.1 Å². The number of hydrogen-bond acceptors (Lipinski definition) is 6. The van der Waals surface area contributed by atoms with Gasteiger partial charge in [-0.25, -0.2) is 4.98 Å². The third-order valence-electron chi connectivity index (χ3n) is 5.57. The van der Waals surface area contributed by atoms with Crippen LogP contribution in [-0.4, -0.2) is 41.9 Å². The highest BCUT2D eigenvalue weighted by molar-refractivity contribution is 6.28. The van der Waals surface area contributed by atoms with Crippen molar-refractivity contribution in [2.45, 2.75) is 33.9 Å². The fraction of sp³-hybridized carbons (Fsp3) is 0.320. The fourth-order valence-electron chi connectivity index (χ4n) is 3.53. The van der Waals surface area contributed by atoms with Gasteiger partial charge in [-0.3, -0.25) is 14.5 Å². The number of nitrogens with zero attached hydrogens (tertiary/aromatic N) is 2. The van der Waals surface area contributed by atoms with Crippen LogP contribution in [0.3, 0.4) is 0 Å². The molecular formula is C25H27N3O3. The first kappa shape index (κ1) is 21.0. The van der Waals surface area contributed by atoms with Crippen molar-refractivity contribution in [1.29, 1.82) is 0 Å². The molecule has 6 nitrogen and oxygen atoms in total. The minimum absolute atomic E-state index is 0.0308. The van der Waals surface area contributed by atoms with Gasteiger partial charge in [-0.1, -0.05) is 24.3 Å². The van der Waals surface area contributed by atoms with Crippen LogP contribution in [0.15, 0.2) is 42.5 Å². The summed E-state index contributed by atoms with van der Waals surface area (Å²) in [6.07, 6.45) is -0.0348. The normalized spacial score (nSPS) is 13.8. The molecule has 0 saturated heterocycles. The summed E-state index contributed by atoms with van der Waals surface area (Å²) in [5.41, 5.74) is 3.08. The van der Waals surface area contributed by atoms with Gasteiger partial charge in [-0.05, 0) is 59.5 Å². The molecule has 0 aliphatic heterocycles. The topological polar surface area (TPSA) is 71.5 Å². The van der Waals surface area contributed by atoms with Crippen LogP contribution in [0.25, 0.3) is 22.0 Å². The molecule has 1 N–H and O–H groups in total. The van der Waals surface area contributed by atoms with E-state index in [0.717, 1.165) is 16.5 Å². The molecule has 160 valence electrons. The van der Waals surface area contributed by atoms with Crippen molar-refractivity contribution in [3.05, 3.63) is 53.6 Å². The van der Waals surface area contributed by atoms with Gasteiger partial charge < -0.3 is 10.1 Å². The predicted octanol–water partition coefficient (Wildman–Crippen LogP) is 4.72. The molecule has 0 saturated carbocycles. The number of hydrogen-bond donors (Lipinski definition) is 1. The molecule has 0 bridgehead atoms. The van der Waals surface area contributed by atoms with Gasteiger partial charge in [0.1, 0.15) is 11.6 Å². The number of esters is 1. The highest BCUT2D eigenvalue weighted by Gasteiger charge is 2.33. The molecule has 0 spiro atoms. The Bertz CT molecular complexity index is 1210. The zero-order chi connectivity index (χ0) is 22.5. The predicted molar refractivity (Wildman–Crippen MR) is 122 cm³/mol. The second-order valence-electron chi connectivity index (χ2n) is 9.19. The molecule has 4 rings (SSSR count). The van der Waals surface area contributed by atoms with Gasteiger partial charge >= 0.3 is 5.97 Å². The van der Waals surface area contributed by atoms with E-state index in [1.807, 2.05) is 77.0 Å². The summed E-state index contributed by atoms with van der Waals surface area (Å²) >= 11 is 0. The first-order chi connectivity index (χ1) is 14.6. The monoisotopic (exact) mass is 417 g/mol. The Hall–Kier alpha value is -3.25. The molecular weight excluding hydrogens is 390 g/mol. The van der Waals surface area contributed by atoms with E-state index in [-0.39, 0.29) is 17.9 Å². The van der Waals surface area contributed by atoms with Gasteiger partial charge in [0, 0.05) is 22.6 Å². The van der Waals surface area contributed by atoms with Gasteiger partial charge in [0.25, 0.3) is 0 Å². The summed E-state index contributed by atoms with van der Waals surface area (Å²) in [4.78, 5) is 32.4. The average molecular weight is 418 g/mol. The van der Waals surface area contributed by atoms with Gasteiger partial charge in [0.15, 0.2) is 5.78 Å². The first-order valence-electron chi connectivity index (χ1n) is 10.3. The number of ketones is 1. The Kier molecular flexibility index (Phi) is 5.06. The summed E-state index contributed by atoms with van der Waals surface area (Å²) in [5.74, 6) is 0.623. The Morgan fingerprint density at radius 2 is 1.74 bits per heavy atom. The van der Waals surface area contributed by atoms with Crippen LogP contribution in [0.5, 0.6) is 5.75 Å². The van der Waals surface area contributed by atoms with E-state index in [4.69, 9.17) is 9.72 Å². The van der Waals surface area contributed by atoms with Crippen LogP contribution in [0, 0.1) is 5.41 Å². The van der Waals surface area contributed by atoms with Crippen molar-refractivity contribution in [2.75, 3.05) is 19.4 Å². The zero-order valence-corrected chi connectivity index (χ0v) is 18.7. The van der Waals surface area contributed by atoms with Crippen LogP contribution in [0.2, 0.25) is 0 Å². The standard InChI is InChI=1S/C25H27N3O3/c1-14(28(5)6)26-23-21-20(16-9-7-8-10-17(16)22(21)29)18-12-11-15(13-19(18)27-23)31-24(30)25(2,3)4/h7-14H,1-6H3,(H,26,27). The number of ether oxygens (including phenoxy) is 1. The third-order valence-corrected chi connectivity index (χ3v) is 5.57. The molecule has 0 radical (unpaired) electrons. The number of aromatic nitrogens is 1. The van der Waals surface area contributed by atoms with Gasteiger partial charge in [0.05, 0.1) is 22.7 Å². The minimum Gasteiger partial charge on any atom is -0.426 e. The summed E-state index contributed by atoms with van der Waals surface area (Å²) in [6.45, 7) is 7.45. The molecule has 2 aromatic carbocycles. The second kappa shape index (κ2) is 7.46. The number of carbonyl (C=O) groups is 2. The smallest absolute Gasteiger partial charge is 0.316 e. The molecule has 0 amide bonds. The number of benzene rings is 2. The van der Waals surface area contributed by atoms with Crippen molar-refractivity contribution in [1.82, 2.24) is 9.88 Å². The van der Waals surface area contributed by atoms with Crippen molar-refractivity contribution in [2.24, 2.45) is 5.41 Å². The number of fused-ring (bicyclic) bond motifs is 5. The quantitative estimate of drug-likeness (QED) is 0.294. The number of carbonyl (C=O) groups excluding carboxylic acids is 2. The van der Waals surface area contributed by atoms with E-state index < -0.39 is 5.41 Å². The minimum atomic E-state index is -0.612. The summed E-state index contributed by atoms with van der Waals surface area (Å²) in [5, 5.41) is 4.22. The van der Waals surface area contributed by atoms with Crippen LogP contribution < -0.4 is 10.1 Å². The van der Waals surface area contributed by atoms with E-state index in [0.29, 0.717) is 28.2 Å². The lowest BCUT2D eigenvalue weighted by molar-refractivity contribution is -0.142. The summed E-state index contributed by atoms with van der Waals surface area (Å²) in [7, 11) is 3.92. The van der Waals surface area contributed by atoms with Crippen LogP contribution >= 0.6 is 0 Å². The van der Waals surface area contributed by atoms with Gasteiger partial charge in [-0.2, -0.15) is 0 Å². The number of nitrogens with one attached hydrogen (secondary N) is 1. The summed E-state index contributed by atoms with van der Waals surface area (Å²) in [6, 6.07) is 13.0. The highest BCUT2D eigenvalue weighted by atomic mass is 16.5. The molecule has 1 heterocycles. The van der Waals surface area contributed by atoms with E-state index >= 15 is 0 Å². The summed E-state index contributed by atoms with van der Waals surface area (Å²) < 4.78 is 5.58. The number of pyridine rings is 1. The maximum Gasteiger partial charge on any atom is 0.316 e. The largest absolute Gasteiger partial charge is 0.426 e. The van der Waals surface area contributed by atoms with Crippen LogP contribution in [-0.2, 0) is 4.79 Å². The van der Waals surface area contributed by atoms with E-state index in [1.165, 1.54) is 0 Å². The number of rotatable bonds is 4. The van der Waals surface area contributed by atoms with Crippen molar-refractivity contribution < 1.29 is 14.3 Å². The SMILES string of the molecule is CC(Nc1nc2cc(OC(=O)C(C)(C)C)ccc2c2c1C(=O)c1ccccc1-2)N(C)C. The van der Waals surface area contributed by atoms with Gasteiger partial charge in [-0.15, -0.1) is 0 Å². The molecule has 1 atom stereocenters. The Morgan fingerprint density at radius 1 is 1.06 bits per heavy atom. The Labute approximate surface area is 182 Å². The van der Waals surface area contributed by atoms with E-state index in [9.17, 15) is 9.59 Å². The maximum absolute atomic E-state index is 13.3. The molecule has 1 aliphatic rings. The zero-order valence-electron chi connectivity index (χ0n) is 18.7. The molecule has 31 heavy (non-hydrogen) atoms. The molecule has 1 unspecified atom stereocenters. The fourth-order valence-corrected chi connectivity index (χ4v) is 3.53. The second-order valence-corrected chi connectivity index (χ2v) is 9.19. The van der Waals surface area contributed by atoms with Crippen LogP contribution in [0.4, 0.5) is 5.82 Å². The third kappa shape index (κ3) is 3.68. The highest BCUT2D eigenvalue weighted by Crippen LogP contribution is 2.44. The Morgan fingerprint density at radius 3 is 2.39 bits per heavy atom. The lowest BCUT2D eigenvalue weighted by atomic mass is 9.97. The molecule has 1 aliphatic carbocycles. The number of anilines is 1. The van der Waals surface area contributed by atoms with Crippen LogP contribution in [0.1, 0.15) is 43.6 Å². The van der Waals surface area contributed by atoms with Crippen molar-refractivity contribution >= 4 is 28.5 Å². The van der Waals surface area contributed by atoms with Gasteiger partial charge in [0.2, 0.25) is 0 Å². The lowest BCUT2D eigenvalue weighted by Gasteiger charge is -2.23. The first-order valence-corrected chi connectivity index (χ1v) is 10.3. The Balaban J connectivity index is 1.91. The molecule has 0 fully saturated rings. The molecule has 1 aromatic heterocycles. The molecule has 3 aromatic rings. The lowest BCUT2D eigenvalue weighted by Crippen LogP contribution is -2.33.